The molecule has 0 nitrogen and oxygen atoms in total. The lowest BCUT2D eigenvalue weighted by molar-refractivity contribution is 0.423. The average molecular weight is 989 g/mol. The van der Waals surface area contributed by atoms with E-state index in [-0.39, 0.29) is 12.1 Å². The molecule has 1 aliphatic heterocycles. The molecule has 5 aliphatic rings. The quantitative estimate of drug-likeness (QED) is 0.0682. The molecule has 73 heavy (non-hydrogen) atoms. The van der Waals surface area contributed by atoms with Gasteiger partial charge in [-0.3, -0.25) is 0 Å². The SMILES string of the molecule is C#C/C=C\Cc1c(C)c2ccccc2p1-c1ccc(C23CCC(CC=C(C(/C=C\Cc4ccc5c(c4)C4=CC(C=CC(B(C6=CC(C)C=C(C)C=C6C)c6c(C)cc(C)cc6C)=C4)S5)=C/C=C)C2)C3)cc1.CC. The van der Waals surface area contributed by atoms with E-state index in [2.05, 4.69) is 213 Å². The molecule has 3 heteroatoms. The van der Waals surface area contributed by atoms with E-state index in [4.69, 9.17) is 6.42 Å². The van der Waals surface area contributed by atoms with E-state index >= 15 is 0 Å². The van der Waals surface area contributed by atoms with Gasteiger partial charge in [0.1, 0.15) is 0 Å². The zero-order valence-corrected chi connectivity index (χ0v) is 46.7. The van der Waals surface area contributed by atoms with Gasteiger partial charge in [-0.1, -0.05) is 231 Å². The van der Waals surface area contributed by atoms with Crippen LogP contribution in [0.1, 0.15) is 111 Å². The maximum absolute atomic E-state index is 5.63. The second-order valence-electron chi connectivity index (χ2n) is 21.2. The predicted octanol–water partition coefficient (Wildman–Crippen LogP) is 18.8. The average Bonchev–Trinajstić information content (AvgIpc) is 3.72. The van der Waals surface area contributed by atoms with Gasteiger partial charge < -0.3 is 0 Å². The maximum Gasteiger partial charge on any atom is 0.241 e. The Bertz CT molecular complexity index is 3290. The van der Waals surface area contributed by atoms with E-state index in [0.29, 0.717) is 11.2 Å². The first-order valence-electron chi connectivity index (χ1n) is 27.0. The van der Waals surface area contributed by atoms with Crippen LogP contribution in [0.5, 0.6) is 0 Å². The zero-order valence-electron chi connectivity index (χ0n) is 45.0. The third-order valence-electron chi connectivity index (χ3n) is 16.1. The zero-order chi connectivity index (χ0) is 51.4. The predicted molar refractivity (Wildman–Crippen MR) is 325 cm³/mol. The summed E-state index contributed by atoms with van der Waals surface area (Å²) in [6.45, 7) is 24.4. The minimum Gasteiger partial charge on any atom is -0.115 e. The second kappa shape index (κ2) is 22.7. The molecule has 0 amide bonds. The van der Waals surface area contributed by atoms with Crippen LogP contribution in [0.3, 0.4) is 0 Å². The summed E-state index contributed by atoms with van der Waals surface area (Å²) in [5.74, 6) is 3.78. The molecule has 0 N–H and O–H groups in total. The van der Waals surface area contributed by atoms with Crippen LogP contribution in [0, 0.1) is 51.9 Å². The van der Waals surface area contributed by atoms with Crippen LogP contribution in [-0.4, -0.2) is 12.0 Å². The highest BCUT2D eigenvalue weighted by Crippen LogP contribution is 2.56. The molecular formula is C70H74BPS. The van der Waals surface area contributed by atoms with E-state index in [9.17, 15) is 0 Å². The highest BCUT2D eigenvalue weighted by atomic mass is 32.2. The minimum absolute atomic E-state index is 0.130. The van der Waals surface area contributed by atoms with E-state index in [1.54, 1.807) is 0 Å². The Morgan fingerprint density at radius 1 is 0.904 bits per heavy atom. The number of fused-ring (bicyclic) bond motifs is 6. The fraction of sp³-hybridized carbons (Fsp3) is 0.286. The van der Waals surface area contributed by atoms with E-state index in [1.165, 1.54) is 128 Å². The van der Waals surface area contributed by atoms with Gasteiger partial charge in [-0.25, -0.2) is 0 Å². The lowest BCUT2D eigenvalue weighted by Gasteiger charge is -2.31. The molecule has 4 bridgehead atoms. The molecule has 4 aliphatic carbocycles. The fourth-order valence-corrected chi connectivity index (χ4v) is 16.9. The number of benzene rings is 4. The summed E-state index contributed by atoms with van der Waals surface area (Å²) in [6, 6.07) is 30.9. The van der Waals surface area contributed by atoms with Crippen molar-refractivity contribution >= 4 is 47.5 Å². The van der Waals surface area contributed by atoms with E-state index < -0.39 is 7.53 Å². The fourth-order valence-electron chi connectivity index (χ4n) is 13.0. The van der Waals surface area contributed by atoms with Gasteiger partial charge in [0.2, 0.25) is 6.71 Å². The van der Waals surface area contributed by atoms with Crippen LogP contribution >= 0.6 is 19.3 Å². The van der Waals surface area contributed by atoms with Crippen LogP contribution in [0.15, 0.2) is 209 Å². The molecule has 1 fully saturated rings. The molecule has 5 aromatic rings. The Morgan fingerprint density at radius 2 is 1.68 bits per heavy atom. The molecule has 368 valence electrons. The molecule has 2 heterocycles. The van der Waals surface area contributed by atoms with Gasteiger partial charge in [0.15, 0.2) is 0 Å². The lowest BCUT2D eigenvalue weighted by atomic mass is 9.33. The van der Waals surface area contributed by atoms with Gasteiger partial charge >= 0.3 is 0 Å². The summed E-state index contributed by atoms with van der Waals surface area (Å²) in [4.78, 5) is 1.36. The van der Waals surface area contributed by atoms with Gasteiger partial charge in [0.25, 0.3) is 0 Å². The number of hydrogen-bond acceptors (Lipinski definition) is 1. The van der Waals surface area contributed by atoms with Gasteiger partial charge in [0.05, 0.1) is 0 Å². The Balaban J connectivity index is 0.00000324. The van der Waals surface area contributed by atoms with Gasteiger partial charge in [-0.05, 0) is 177 Å². The van der Waals surface area contributed by atoms with Crippen molar-refractivity contribution in [3.8, 4) is 17.6 Å². The molecule has 1 aromatic heterocycles. The summed E-state index contributed by atoms with van der Waals surface area (Å²) in [5, 5.41) is 6.12. The number of allylic oxidation sites excluding steroid dienone is 19. The summed E-state index contributed by atoms with van der Waals surface area (Å²) >= 11 is 1.97. The smallest absolute Gasteiger partial charge is 0.115 e. The molecule has 5 unspecified atom stereocenters. The van der Waals surface area contributed by atoms with E-state index in [0.717, 1.165) is 31.6 Å². The third kappa shape index (κ3) is 10.8. The van der Waals surface area contributed by atoms with Gasteiger partial charge in [-0.15, -0.1) is 18.2 Å². The highest BCUT2D eigenvalue weighted by molar-refractivity contribution is 8.00. The Kier molecular flexibility index (Phi) is 16.1. The maximum atomic E-state index is 5.63. The molecule has 0 radical (unpaired) electrons. The summed E-state index contributed by atoms with van der Waals surface area (Å²) in [7, 11) is -0.599. The summed E-state index contributed by atoms with van der Waals surface area (Å²) in [6.07, 6.45) is 46.2. The largest absolute Gasteiger partial charge is 0.241 e. The number of hydrogen-bond donors (Lipinski definition) is 0. The molecule has 4 aromatic carbocycles. The molecule has 5 atom stereocenters. The third-order valence-corrected chi connectivity index (χ3v) is 20.0. The van der Waals surface area contributed by atoms with Gasteiger partial charge in [0, 0.05) is 15.3 Å². The number of aryl methyl sites for hydroxylation is 4. The normalized spacial score (nSPS) is 21.6. The second-order valence-corrected chi connectivity index (χ2v) is 24.7. The van der Waals surface area contributed by atoms with Gasteiger partial charge in [-0.2, -0.15) is 0 Å². The van der Waals surface area contributed by atoms with Crippen LogP contribution in [0.4, 0.5) is 0 Å². The molecule has 10 rings (SSSR count). The summed E-state index contributed by atoms with van der Waals surface area (Å²) < 4.78 is 0. The van der Waals surface area contributed by atoms with Crippen molar-refractivity contribution in [1.29, 1.82) is 0 Å². The molecule has 0 spiro atoms. The molecule has 0 saturated heterocycles. The van der Waals surface area contributed by atoms with E-state index in [1.807, 2.05) is 37.8 Å². The van der Waals surface area contributed by atoms with Crippen LogP contribution in [0.2, 0.25) is 0 Å². The first-order valence-corrected chi connectivity index (χ1v) is 29.2. The number of thioether (sulfide) groups is 1. The van der Waals surface area contributed by atoms with Crippen molar-refractivity contribution in [2.24, 2.45) is 11.8 Å². The van der Waals surface area contributed by atoms with Crippen molar-refractivity contribution in [3.05, 3.63) is 248 Å². The molecule has 1 saturated carbocycles. The Hall–Kier alpha value is -5.97. The molecular weight excluding hydrogens is 915 g/mol. The highest BCUT2D eigenvalue weighted by Gasteiger charge is 2.42. The summed E-state index contributed by atoms with van der Waals surface area (Å²) in [5.41, 5.74) is 20.8. The van der Waals surface area contributed by atoms with Crippen molar-refractivity contribution in [2.45, 2.75) is 123 Å². The standard InChI is InChI=1S/C68H68BPS.C2H6/c1-10-12-13-21-64-51(9)61-20-14-15-22-65(61)70(64)59-29-26-57(27-30-59)68-34-33-53(43-68)23-25-55(44-68)54(17-11-2)19-16-18-52-24-32-66-62(40-52)56-41-58(28-31-60(42-56)71-66)69(67-49(7)37-47(5)38-50(67)8)63-39-46(4)35-45(3)36-48(63)6;1-2/h1,11-17,19-20,22,24-32,35-42,46,53,60H,2,18,21,23,33-34,43-44H2,3-9H3;1-2H3/b13-12-,19-16-,54-17+;. The number of rotatable bonds is 12. The Morgan fingerprint density at radius 3 is 2.45 bits per heavy atom. The van der Waals surface area contributed by atoms with Crippen molar-refractivity contribution in [2.75, 3.05) is 0 Å². The van der Waals surface area contributed by atoms with Crippen LogP contribution < -0.4 is 5.46 Å². The van der Waals surface area contributed by atoms with Crippen molar-refractivity contribution in [3.63, 3.8) is 0 Å². The minimum atomic E-state index is -0.599. The monoisotopic (exact) mass is 989 g/mol. The first kappa shape index (κ1) is 51.9. The van der Waals surface area contributed by atoms with Crippen molar-refractivity contribution < 1.29 is 0 Å². The van der Waals surface area contributed by atoms with Crippen LogP contribution in [-0.2, 0) is 18.3 Å². The Labute approximate surface area is 445 Å². The lowest BCUT2D eigenvalue weighted by Crippen LogP contribution is -2.39. The number of terminal acetylenes is 1. The first-order chi connectivity index (χ1) is 35.4. The van der Waals surface area contributed by atoms with Crippen LogP contribution in [0.25, 0.3) is 21.4 Å². The topological polar surface area (TPSA) is 0 Å². The van der Waals surface area contributed by atoms with Crippen molar-refractivity contribution in [1.82, 2.24) is 0 Å².